The van der Waals surface area contributed by atoms with Gasteiger partial charge in [-0.05, 0) is 36.1 Å². The summed E-state index contributed by atoms with van der Waals surface area (Å²) in [4.78, 5) is 0. The summed E-state index contributed by atoms with van der Waals surface area (Å²) in [7, 11) is 0. The molecule has 0 fully saturated rings. The van der Waals surface area contributed by atoms with E-state index in [1.54, 1.807) is 6.07 Å². The van der Waals surface area contributed by atoms with Crippen molar-refractivity contribution in [3.63, 3.8) is 0 Å². The maximum Gasteiger partial charge on any atom is 0.126 e. The van der Waals surface area contributed by atoms with Crippen molar-refractivity contribution in [2.24, 2.45) is 0 Å². The molecule has 0 aliphatic heterocycles. The Hall–Kier alpha value is -1.36. The van der Waals surface area contributed by atoms with Crippen molar-refractivity contribution in [1.82, 2.24) is 0 Å². The first-order chi connectivity index (χ1) is 6.24. The molecule has 0 aliphatic carbocycles. The molecule has 2 heteroatoms. The monoisotopic (exact) mass is 177 g/mol. The van der Waals surface area contributed by atoms with Gasteiger partial charge in [0.2, 0.25) is 0 Å². The highest BCUT2D eigenvalue weighted by Gasteiger charge is 2.09. The molecule has 0 unspecified atom stereocenters. The fourth-order valence-electron chi connectivity index (χ4n) is 1.56. The van der Waals surface area contributed by atoms with E-state index in [1.165, 1.54) is 6.07 Å². The van der Waals surface area contributed by atoms with Crippen LogP contribution < -0.4 is 0 Å². The number of rotatable bonds is 2. The molecule has 13 heavy (non-hydrogen) atoms. The number of hydrogen-bond donors (Lipinski definition) is 0. The molecule has 1 aromatic carbocycles. The van der Waals surface area contributed by atoms with E-state index in [2.05, 4.69) is 6.07 Å². The number of nitriles is 1. The molecule has 0 atom stereocenters. The first-order valence-electron chi connectivity index (χ1n) is 4.44. The van der Waals surface area contributed by atoms with Gasteiger partial charge in [-0.15, -0.1) is 0 Å². The molecule has 0 heterocycles. The van der Waals surface area contributed by atoms with Gasteiger partial charge in [-0.2, -0.15) is 5.26 Å². The number of halogens is 1. The summed E-state index contributed by atoms with van der Waals surface area (Å²) in [5.74, 6) is -0.196. The molecule has 0 saturated carbocycles. The van der Waals surface area contributed by atoms with Gasteiger partial charge in [-0.25, -0.2) is 4.39 Å². The third-order valence-corrected chi connectivity index (χ3v) is 2.20. The van der Waals surface area contributed by atoms with Gasteiger partial charge < -0.3 is 0 Å². The minimum Gasteiger partial charge on any atom is -0.207 e. The lowest BCUT2D eigenvalue weighted by molar-refractivity contribution is 0.608. The van der Waals surface area contributed by atoms with Gasteiger partial charge in [0, 0.05) is 0 Å². The standard InChI is InChI=1S/C11H12FN/c1-3-9-8(7-13)5-6-11(12)10(9)4-2/h5-6H,3-4H2,1-2H3. The summed E-state index contributed by atoms with van der Waals surface area (Å²) in [6, 6.07) is 5.00. The van der Waals surface area contributed by atoms with Crippen LogP contribution in [0.25, 0.3) is 0 Å². The fraction of sp³-hybridized carbons (Fsp3) is 0.364. The summed E-state index contributed by atoms with van der Waals surface area (Å²) >= 11 is 0. The molecule has 68 valence electrons. The molecular weight excluding hydrogens is 165 g/mol. The van der Waals surface area contributed by atoms with E-state index in [1.807, 2.05) is 13.8 Å². The van der Waals surface area contributed by atoms with Gasteiger partial charge in [0.15, 0.2) is 0 Å². The highest BCUT2D eigenvalue weighted by molar-refractivity contribution is 5.43. The Labute approximate surface area is 77.8 Å². The predicted octanol–water partition coefficient (Wildman–Crippen LogP) is 2.82. The quantitative estimate of drug-likeness (QED) is 0.681. The second-order valence-corrected chi connectivity index (χ2v) is 2.87. The van der Waals surface area contributed by atoms with E-state index in [0.29, 0.717) is 24.0 Å². The van der Waals surface area contributed by atoms with Crippen LogP contribution in [0, 0.1) is 17.1 Å². The normalized spacial score (nSPS) is 9.69. The third-order valence-electron chi connectivity index (χ3n) is 2.20. The van der Waals surface area contributed by atoms with Crippen LogP contribution >= 0.6 is 0 Å². The molecule has 0 aliphatic rings. The molecule has 1 aromatic rings. The average Bonchev–Trinajstić information content (AvgIpc) is 2.17. The highest BCUT2D eigenvalue weighted by Crippen LogP contribution is 2.19. The maximum absolute atomic E-state index is 13.2. The van der Waals surface area contributed by atoms with Crippen molar-refractivity contribution in [1.29, 1.82) is 5.26 Å². The van der Waals surface area contributed by atoms with Crippen molar-refractivity contribution >= 4 is 0 Å². The Kier molecular flexibility index (Phi) is 3.02. The van der Waals surface area contributed by atoms with Gasteiger partial charge in [0.05, 0.1) is 11.6 Å². The number of benzene rings is 1. The summed E-state index contributed by atoms with van der Waals surface area (Å²) < 4.78 is 13.2. The second-order valence-electron chi connectivity index (χ2n) is 2.87. The van der Waals surface area contributed by atoms with E-state index < -0.39 is 0 Å². The Morgan fingerprint density at radius 3 is 2.31 bits per heavy atom. The van der Waals surface area contributed by atoms with E-state index >= 15 is 0 Å². The van der Waals surface area contributed by atoms with Crippen LogP contribution in [-0.4, -0.2) is 0 Å². The first-order valence-corrected chi connectivity index (χ1v) is 4.44. The van der Waals surface area contributed by atoms with Gasteiger partial charge in [0.25, 0.3) is 0 Å². The Morgan fingerprint density at radius 2 is 1.85 bits per heavy atom. The maximum atomic E-state index is 13.2. The highest BCUT2D eigenvalue weighted by atomic mass is 19.1. The van der Waals surface area contributed by atoms with Gasteiger partial charge >= 0.3 is 0 Å². The minimum absolute atomic E-state index is 0.196. The van der Waals surface area contributed by atoms with Crippen LogP contribution in [0.4, 0.5) is 4.39 Å². The molecular formula is C11H12FN. The molecule has 0 aromatic heterocycles. The van der Waals surface area contributed by atoms with E-state index in [9.17, 15) is 4.39 Å². The molecule has 0 spiro atoms. The van der Waals surface area contributed by atoms with E-state index in [4.69, 9.17) is 5.26 Å². The number of hydrogen-bond acceptors (Lipinski definition) is 1. The molecule has 0 bridgehead atoms. The minimum atomic E-state index is -0.196. The summed E-state index contributed by atoms with van der Waals surface area (Å²) in [5, 5.41) is 8.79. The van der Waals surface area contributed by atoms with Gasteiger partial charge in [-0.3, -0.25) is 0 Å². The van der Waals surface area contributed by atoms with Crippen LogP contribution in [0.2, 0.25) is 0 Å². The Bertz CT molecular complexity index is 350. The Balaban J connectivity index is 3.38. The van der Waals surface area contributed by atoms with Gasteiger partial charge in [0.1, 0.15) is 5.82 Å². The lowest BCUT2D eigenvalue weighted by atomic mass is 9.97. The zero-order chi connectivity index (χ0) is 9.84. The summed E-state index contributed by atoms with van der Waals surface area (Å²) in [5.41, 5.74) is 2.13. The molecule has 1 nitrogen and oxygen atoms in total. The smallest absolute Gasteiger partial charge is 0.126 e. The van der Waals surface area contributed by atoms with Crippen LogP contribution in [0.15, 0.2) is 12.1 Å². The largest absolute Gasteiger partial charge is 0.207 e. The lowest BCUT2D eigenvalue weighted by Crippen LogP contribution is -1.98. The molecule has 0 radical (unpaired) electrons. The van der Waals surface area contributed by atoms with Crippen molar-refractivity contribution in [2.45, 2.75) is 26.7 Å². The fourth-order valence-corrected chi connectivity index (χ4v) is 1.56. The molecule has 0 saturated heterocycles. The molecule has 1 rings (SSSR count). The van der Waals surface area contributed by atoms with Crippen LogP contribution in [0.5, 0.6) is 0 Å². The zero-order valence-electron chi connectivity index (χ0n) is 7.89. The van der Waals surface area contributed by atoms with Crippen LogP contribution in [0.1, 0.15) is 30.5 Å². The topological polar surface area (TPSA) is 23.8 Å². The van der Waals surface area contributed by atoms with Crippen LogP contribution in [-0.2, 0) is 12.8 Å². The van der Waals surface area contributed by atoms with Crippen molar-refractivity contribution < 1.29 is 4.39 Å². The Morgan fingerprint density at radius 1 is 1.23 bits per heavy atom. The van der Waals surface area contributed by atoms with Crippen molar-refractivity contribution in [3.05, 3.63) is 34.6 Å². The summed E-state index contributed by atoms with van der Waals surface area (Å²) in [6.45, 7) is 3.84. The van der Waals surface area contributed by atoms with E-state index in [0.717, 1.165) is 5.56 Å². The lowest BCUT2D eigenvalue weighted by Gasteiger charge is -2.08. The zero-order valence-corrected chi connectivity index (χ0v) is 7.89. The molecule has 0 N–H and O–H groups in total. The summed E-state index contributed by atoms with van der Waals surface area (Å²) in [6.07, 6.45) is 1.36. The second kappa shape index (κ2) is 4.04. The first kappa shape index (κ1) is 9.73. The van der Waals surface area contributed by atoms with Crippen molar-refractivity contribution in [2.75, 3.05) is 0 Å². The third kappa shape index (κ3) is 1.70. The predicted molar refractivity (Wildman–Crippen MR) is 49.9 cm³/mol. The van der Waals surface area contributed by atoms with Crippen LogP contribution in [0.3, 0.4) is 0 Å². The SMILES string of the molecule is CCc1c(F)ccc(C#N)c1CC. The van der Waals surface area contributed by atoms with Gasteiger partial charge in [-0.1, -0.05) is 13.8 Å². The average molecular weight is 177 g/mol. The number of nitrogens with zero attached hydrogens (tertiary/aromatic N) is 1. The van der Waals surface area contributed by atoms with Crippen molar-refractivity contribution in [3.8, 4) is 6.07 Å². The van der Waals surface area contributed by atoms with E-state index in [-0.39, 0.29) is 5.82 Å². The molecule has 0 amide bonds.